The number of nitrogens with one attached hydrogen (secondary N) is 1. The van der Waals surface area contributed by atoms with Crippen LogP contribution in [0.4, 0.5) is 0 Å². The minimum absolute atomic E-state index is 0.513. The van der Waals surface area contributed by atoms with Gasteiger partial charge in [0.25, 0.3) is 0 Å². The summed E-state index contributed by atoms with van der Waals surface area (Å²) in [6, 6.07) is 0. The highest BCUT2D eigenvalue weighted by Gasteiger charge is 2.52. The second kappa shape index (κ2) is 7.77. The van der Waals surface area contributed by atoms with E-state index in [9.17, 15) is 0 Å². The van der Waals surface area contributed by atoms with Crippen LogP contribution in [-0.2, 0) is 9.47 Å². The van der Waals surface area contributed by atoms with E-state index in [-0.39, 0.29) is 0 Å². The molecule has 0 heterocycles. The molecule has 2 unspecified atom stereocenters. The predicted molar refractivity (Wildman–Crippen MR) is 82.9 cm³/mol. The van der Waals surface area contributed by atoms with Crippen LogP contribution in [0.25, 0.3) is 0 Å². The monoisotopic (exact) mass is 283 g/mol. The zero-order valence-corrected chi connectivity index (χ0v) is 13.6. The molecule has 3 heteroatoms. The van der Waals surface area contributed by atoms with Crippen molar-refractivity contribution in [2.45, 2.75) is 46.0 Å². The van der Waals surface area contributed by atoms with Crippen LogP contribution in [0.15, 0.2) is 0 Å². The number of methoxy groups -OCH3 is 1. The minimum atomic E-state index is 0.513. The van der Waals surface area contributed by atoms with E-state index in [0.717, 1.165) is 50.7 Å². The molecule has 0 aromatic heterocycles. The fourth-order valence-corrected chi connectivity index (χ4v) is 3.68. The van der Waals surface area contributed by atoms with Gasteiger partial charge in [-0.3, -0.25) is 0 Å². The SMILES string of the molecule is COCCNCC1(CCOCCC(C)C)CC2CC2C1. The van der Waals surface area contributed by atoms with Crippen molar-refractivity contribution < 1.29 is 9.47 Å². The Balaban J connectivity index is 1.65. The van der Waals surface area contributed by atoms with E-state index < -0.39 is 0 Å². The summed E-state index contributed by atoms with van der Waals surface area (Å²) < 4.78 is 11.0. The highest BCUT2D eigenvalue weighted by molar-refractivity contribution is 5.04. The number of hydrogen-bond acceptors (Lipinski definition) is 3. The molecule has 2 saturated carbocycles. The Labute approximate surface area is 124 Å². The Morgan fingerprint density at radius 2 is 1.90 bits per heavy atom. The van der Waals surface area contributed by atoms with E-state index in [1.54, 1.807) is 7.11 Å². The molecule has 2 aliphatic carbocycles. The normalized spacial score (nSPS) is 31.8. The summed E-state index contributed by atoms with van der Waals surface area (Å²) in [4.78, 5) is 0. The lowest BCUT2D eigenvalue weighted by Crippen LogP contribution is -2.36. The molecule has 0 radical (unpaired) electrons. The van der Waals surface area contributed by atoms with Gasteiger partial charge in [-0.15, -0.1) is 0 Å². The van der Waals surface area contributed by atoms with Crippen LogP contribution >= 0.6 is 0 Å². The molecule has 0 spiro atoms. The maximum atomic E-state index is 5.86. The topological polar surface area (TPSA) is 30.5 Å². The molecular formula is C17H33NO2. The highest BCUT2D eigenvalue weighted by Crippen LogP contribution is 2.60. The Bertz CT molecular complexity index is 270. The largest absolute Gasteiger partial charge is 0.383 e. The van der Waals surface area contributed by atoms with Gasteiger partial charge in [0, 0.05) is 33.4 Å². The predicted octanol–water partition coefficient (Wildman–Crippen LogP) is 3.09. The van der Waals surface area contributed by atoms with Crippen molar-refractivity contribution in [3.8, 4) is 0 Å². The van der Waals surface area contributed by atoms with E-state index in [0.29, 0.717) is 5.41 Å². The number of hydrogen-bond donors (Lipinski definition) is 1. The Hall–Kier alpha value is -0.120. The van der Waals surface area contributed by atoms with Crippen LogP contribution in [0.1, 0.15) is 46.0 Å². The molecule has 0 aromatic rings. The Morgan fingerprint density at radius 1 is 1.15 bits per heavy atom. The molecule has 0 aliphatic heterocycles. The summed E-state index contributed by atoms with van der Waals surface area (Å²) in [6.07, 6.45) is 6.76. The van der Waals surface area contributed by atoms with Gasteiger partial charge in [-0.25, -0.2) is 0 Å². The third kappa shape index (κ3) is 5.01. The van der Waals surface area contributed by atoms with Crippen LogP contribution in [-0.4, -0.2) is 40.0 Å². The molecule has 3 nitrogen and oxygen atoms in total. The van der Waals surface area contributed by atoms with Gasteiger partial charge < -0.3 is 14.8 Å². The lowest BCUT2D eigenvalue weighted by atomic mass is 9.80. The molecule has 1 N–H and O–H groups in total. The van der Waals surface area contributed by atoms with Crippen molar-refractivity contribution in [2.24, 2.45) is 23.2 Å². The summed E-state index contributed by atoms with van der Waals surface area (Å²) in [6.45, 7) is 9.33. The smallest absolute Gasteiger partial charge is 0.0587 e. The van der Waals surface area contributed by atoms with Gasteiger partial charge in [0.15, 0.2) is 0 Å². The quantitative estimate of drug-likeness (QED) is 0.591. The van der Waals surface area contributed by atoms with Crippen LogP contribution < -0.4 is 5.32 Å². The van der Waals surface area contributed by atoms with Gasteiger partial charge in [-0.2, -0.15) is 0 Å². The Kier molecular flexibility index (Phi) is 6.31. The van der Waals surface area contributed by atoms with E-state index in [4.69, 9.17) is 9.47 Å². The van der Waals surface area contributed by atoms with Crippen LogP contribution in [0.2, 0.25) is 0 Å². The second-order valence-corrected chi connectivity index (χ2v) is 7.38. The van der Waals surface area contributed by atoms with Crippen molar-refractivity contribution in [2.75, 3.05) is 40.0 Å². The molecule has 0 bridgehead atoms. The molecule has 20 heavy (non-hydrogen) atoms. The molecule has 0 aromatic carbocycles. The number of ether oxygens (including phenoxy) is 2. The first kappa shape index (κ1) is 16.3. The van der Waals surface area contributed by atoms with Gasteiger partial charge in [-0.05, 0) is 55.3 Å². The van der Waals surface area contributed by atoms with E-state index >= 15 is 0 Å². The van der Waals surface area contributed by atoms with Gasteiger partial charge in [0.2, 0.25) is 0 Å². The number of fused-ring (bicyclic) bond motifs is 1. The standard InChI is InChI=1S/C17H33NO2/c1-14(2)4-7-20-8-5-17(13-18-6-9-19-3)11-15-10-16(15)12-17/h14-16,18H,4-13H2,1-3H3. The van der Waals surface area contributed by atoms with Crippen molar-refractivity contribution in [3.63, 3.8) is 0 Å². The maximum Gasteiger partial charge on any atom is 0.0587 e. The lowest BCUT2D eigenvalue weighted by Gasteiger charge is -2.31. The van der Waals surface area contributed by atoms with Crippen molar-refractivity contribution in [3.05, 3.63) is 0 Å². The fourth-order valence-electron chi connectivity index (χ4n) is 3.68. The summed E-state index contributed by atoms with van der Waals surface area (Å²) in [7, 11) is 1.77. The van der Waals surface area contributed by atoms with Gasteiger partial charge >= 0.3 is 0 Å². The third-order valence-electron chi connectivity index (χ3n) is 5.06. The first-order valence-corrected chi connectivity index (χ1v) is 8.42. The third-order valence-corrected chi connectivity index (χ3v) is 5.06. The first-order valence-electron chi connectivity index (χ1n) is 8.42. The Morgan fingerprint density at radius 3 is 2.55 bits per heavy atom. The van der Waals surface area contributed by atoms with E-state index in [2.05, 4.69) is 19.2 Å². The molecule has 2 atom stereocenters. The fraction of sp³-hybridized carbons (Fsp3) is 1.00. The zero-order chi connectivity index (χ0) is 14.4. The average molecular weight is 283 g/mol. The second-order valence-electron chi connectivity index (χ2n) is 7.38. The summed E-state index contributed by atoms with van der Waals surface area (Å²) in [5.74, 6) is 2.82. The van der Waals surface area contributed by atoms with Gasteiger partial charge in [0.05, 0.1) is 6.61 Å². The van der Waals surface area contributed by atoms with Crippen molar-refractivity contribution in [1.82, 2.24) is 5.32 Å². The zero-order valence-electron chi connectivity index (χ0n) is 13.6. The van der Waals surface area contributed by atoms with Crippen molar-refractivity contribution in [1.29, 1.82) is 0 Å². The summed E-state index contributed by atoms with van der Waals surface area (Å²) >= 11 is 0. The van der Waals surface area contributed by atoms with Crippen LogP contribution in [0.5, 0.6) is 0 Å². The molecule has 2 rings (SSSR count). The molecule has 0 saturated heterocycles. The molecule has 118 valence electrons. The number of rotatable bonds is 11. The van der Waals surface area contributed by atoms with Crippen LogP contribution in [0, 0.1) is 23.2 Å². The first-order chi connectivity index (χ1) is 9.65. The summed E-state index contributed by atoms with van der Waals surface area (Å²) in [5, 5.41) is 3.59. The minimum Gasteiger partial charge on any atom is -0.383 e. The van der Waals surface area contributed by atoms with Crippen molar-refractivity contribution >= 4 is 0 Å². The van der Waals surface area contributed by atoms with Crippen LogP contribution in [0.3, 0.4) is 0 Å². The molecule has 2 aliphatic rings. The molecular weight excluding hydrogens is 250 g/mol. The van der Waals surface area contributed by atoms with Gasteiger partial charge in [0.1, 0.15) is 0 Å². The highest BCUT2D eigenvalue weighted by atomic mass is 16.5. The molecule has 2 fully saturated rings. The lowest BCUT2D eigenvalue weighted by molar-refractivity contribution is 0.0815. The maximum absolute atomic E-state index is 5.86. The summed E-state index contributed by atoms with van der Waals surface area (Å²) in [5.41, 5.74) is 0.513. The van der Waals surface area contributed by atoms with E-state index in [1.807, 2.05) is 0 Å². The van der Waals surface area contributed by atoms with Gasteiger partial charge in [-0.1, -0.05) is 13.8 Å². The average Bonchev–Trinajstić information content (AvgIpc) is 3.02. The van der Waals surface area contributed by atoms with E-state index in [1.165, 1.54) is 32.1 Å². The molecule has 0 amide bonds.